The highest BCUT2D eigenvalue weighted by atomic mass is 16.6. The van der Waals surface area contributed by atoms with Crippen LogP contribution in [-0.2, 0) is 54.8 Å². The van der Waals surface area contributed by atoms with Gasteiger partial charge in [-0.1, -0.05) is 103 Å². The SMILES string of the molecule is COC(=O)C(C)(C)[C@@H](NCc1ccc(OC)cc1)[C@@H]1O[C@H](COCc2ccccc2)[C@@H](OCc2ccccc2)[C@@H]1OCc1ccccc1. The Morgan fingerprint density at radius 2 is 1.23 bits per heavy atom. The smallest absolute Gasteiger partial charge is 0.312 e. The van der Waals surface area contributed by atoms with Crippen molar-refractivity contribution in [3.05, 3.63) is 138 Å². The van der Waals surface area contributed by atoms with E-state index in [0.717, 1.165) is 28.0 Å². The lowest BCUT2D eigenvalue weighted by Gasteiger charge is -2.38. The molecule has 1 saturated heterocycles. The molecule has 5 rings (SSSR count). The molecule has 0 unspecified atom stereocenters. The highest BCUT2D eigenvalue weighted by Crippen LogP contribution is 2.37. The quantitative estimate of drug-likeness (QED) is 0.129. The van der Waals surface area contributed by atoms with Crippen molar-refractivity contribution in [3.63, 3.8) is 0 Å². The number of rotatable bonds is 17. The standard InChI is InChI=1S/C40H47NO7/c1-40(2,39(42)44-4)38(41-24-29-20-22-33(43-3)23-21-29)37-36(47-27-32-18-12-7-13-19-32)35(46-26-31-16-10-6-11-17-31)34(48-37)28-45-25-30-14-8-5-9-15-30/h5-23,34-38,41H,24-28H2,1-4H3/t34-,35-,36+,37-,38+/m1/s1. The maximum Gasteiger partial charge on any atom is 0.312 e. The summed E-state index contributed by atoms with van der Waals surface area (Å²) in [5.41, 5.74) is 3.16. The van der Waals surface area contributed by atoms with Crippen LogP contribution in [0.15, 0.2) is 115 Å². The topological polar surface area (TPSA) is 84.5 Å². The normalized spacial score (nSPS) is 19.9. The molecule has 1 heterocycles. The lowest BCUT2D eigenvalue weighted by Crippen LogP contribution is -2.57. The first-order chi connectivity index (χ1) is 23.4. The second-order valence-corrected chi connectivity index (χ2v) is 12.6. The van der Waals surface area contributed by atoms with E-state index < -0.39 is 35.9 Å². The van der Waals surface area contributed by atoms with E-state index in [0.29, 0.717) is 26.4 Å². The summed E-state index contributed by atoms with van der Waals surface area (Å²) in [6.07, 6.45) is -2.10. The number of carbonyl (C=O) groups excluding carboxylic acids is 1. The number of ether oxygens (including phenoxy) is 6. The number of methoxy groups -OCH3 is 2. The summed E-state index contributed by atoms with van der Waals surface area (Å²) in [6, 6.07) is 37.4. The fraction of sp³-hybridized carbons (Fsp3) is 0.375. The van der Waals surface area contributed by atoms with Gasteiger partial charge in [-0.2, -0.15) is 0 Å². The largest absolute Gasteiger partial charge is 0.497 e. The van der Waals surface area contributed by atoms with Crippen molar-refractivity contribution in [2.45, 2.75) is 70.7 Å². The van der Waals surface area contributed by atoms with Gasteiger partial charge in [0.2, 0.25) is 0 Å². The third kappa shape index (κ3) is 9.30. The minimum Gasteiger partial charge on any atom is -0.497 e. The molecule has 4 aromatic carbocycles. The van der Waals surface area contributed by atoms with E-state index in [9.17, 15) is 4.79 Å². The van der Waals surface area contributed by atoms with E-state index in [1.165, 1.54) is 7.11 Å². The van der Waals surface area contributed by atoms with Crippen LogP contribution in [0.5, 0.6) is 5.75 Å². The molecule has 0 aromatic heterocycles. The van der Waals surface area contributed by atoms with Gasteiger partial charge in [-0.25, -0.2) is 0 Å². The second kappa shape index (κ2) is 17.4. The first kappa shape index (κ1) is 35.3. The number of carbonyl (C=O) groups is 1. The van der Waals surface area contributed by atoms with Crippen molar-refractivity contribution in [2.24, 2.45) is 5.41 Å². The van der Waals surface area contributed by atoms with Crippen LogP contribution in [0.4, 0.5) is 0 Å². The zero-order chi connectivity index (χ0) is 33.8. The molecule has 1 aliphatic heterocycles. The summed E-state index contributed by atoms with van der Waals surface area (Å²) in [6.45, 7) is 5.65. The Morgan fingerprint density at radius 1 is 0.708 bits per heavy atom. The van der Waals surface area contributed by atoms with Gasteiger partial charge in [0.25, 0.3) is 0 Å². The van der Waals surface area contributed by atoms with E-state index in [2.05, 4.69) is 5.32 Å². The maximum absolute atomic E-state index is 13.4. The lowest BCUT2D eigenvalue weighted by molar-refractivity contribution is -0.158. The highest BCUT2D eigenvalue weighted by Gasteiger charge is 2.54. The van der Waals surface area contributed by atoms with Crippen LogP contribution in [0.2, 0.25) is 0 Å². The predicted molar refractivity (Wildman–Crippen MR) is 184 cm³/mol. The van der Waals surface area contributed by atoms with Gasteiger partial charge in [0.1, 0.15) is 30.2 Å². The van der Waals surface area contributed by atoms with Gasteiger partial charge in [0.15, 0.2) is 0 Å². The zero-order valence-electron chi connectivity index (χ0n) is 28.2. The summed E-state index contributed by atoms with van der Waals surface area (Å²) in [4.78, 5) is 13.4. The molecule has 0 bridgehead atoms. The van der Waals surface area contributed by atoms with Crippen LogP contribution < -0.4 is 10.1 Å². The number of esters is 1. The Labute approximate surface area is 284 Å². The molecule has 0 aliphatic carbocycles. The van der Waals surface area contributed by atoms with Crippen LogP contribution >= 0.6 is 0 Å². The monoisotopic (exact) mass is 653 g/mol. The van der Waals surface area contributed by atoms with Crippen LogP contribution in [0.25, 0.3) is 0 Å². The van der Waals surface area contributed by atoms with Gasteiger partial charge in [-0.3, -0.25) is 4.79 Å². The average Bonchev–Trinajstić information content (AvgIpc) is 3.47. The first-order valence-electron chi connectivity index (χ1n) is 16.4. The Morgan fingerprint density at radius 3 is 1.75 bits per heavy atom. The molecule has 1 N–H and O–H groups in total. The summed E-state index contributed by atoms with van der Waals surface area (Å²) in [5, 5.41) is 3.65. The molecular weight excluding hydrogens is 606 g/mol. The Balaban J connectivity index is 1.46. The minimum atomic E-state index is -0.996. The maximum atomic E-state index is 13.4. The summed E-state index contributed by atoms with van der Waals surface area (Å²) >= 11 is 0. The fourth-order valence-corrected chi connectivity index (χ4v) is 6.09. The van der Waals surface area contributed by atoms with Gasteiger partial charge in [-0.15, -0.1) is 0 Å². The predicted octanol–water partition coefficient (Wildman–Crippen LogP) is 6.51. The fourth-order valence-electron chi connectivity index (χ4n) is 6.09. The molecule has 254 valence electrons. The zero-order valence-corrected chi connectivity index (χ0v) is 28.2. The van der Waals surface area contributed by atoms with Crippen molar-refractivity contribution < 1.29 is 33.2 Å². The first-order valence-corrected chi connectivity index (χ1v) is 16.4. The average molecular weight is 654 g/mol. The molecule has 48 heavy (non-hydrogen) atoms. The van der Waals surface area contributed by atoms with Crippen LogP contribution in [0.1, 0.15) is 36.1 Å². The van der Waals surface area contributed by atoms with E-state index in [1.807, 2.05) is 129 Å². The number of hydrogen-bond acceptors (Lipinski definition) is 8. The Kier molecular flexibility index (Phi) is 12.8. The van der Waals surface area contributed by atoms with Gasteiger partial charge >= 0.3 is 5.97 Å². The van der Waals surface area contributed by atoms with Crippen molar-refractivity contribution in [1.29, 1.82) is 0 Å². The van der Waals surface area contributed by atoms with Gasteiger partial charge in [0, 0.05) is 6.54 Å². The summed E-state index contributed by atoms with van der Waals surface area (Å²) in [7, 11) is 3.06. The molecular formula is C40H47NO7. The summed E-state index contributed by atoms with van der Waals surface area (Å²) < 4.78 is 37.3. The molecule has 0 radical (unpaired) electrons. The van der Waals surface area contributed by atoms with Crippen LogP contribution in [0, 0.1) is 5.41 Å². The lowest BCUT2D eigenvalue weighted by atomic mass is 9.79. The molecule has 8 nitrogen and oxygen atoms in total. The van der Waals surface area contributed by atoms with E-state index in [1.54, 1.807) is 7.11 Å². The summed E-state index contributed by atoms with van der Waals surface area (Å²) in [5.74, 6) is 0.418. The van der Waals surface area contributed by atoms with Crippen LogP contribution in [0.3, 0.4) is 0 Å². The van der Waals surface area contributed by atoms with Gasteiger partial charge in [-0.05, 0) is 48.2 Å². The van der Waals surface area contributed by atoms with E-state index >= 15 is 0 Å². The van der Waals surface area contributed by atoms with Crippen molar-refractivity contribution in [1.82, 2.24) is 5.32 Å². The molecule has 8 heteroatoms. The molecule has 0 spiro atoms. The molecule has 5 atom stereocenters. The van der Waals surface area contributed by atoms with Gasteiger partial charge in [0.05, 0.1) is 52.1 Å². The third-order valence-electron chi connectivity index (χ3n) is 8.81. The van der Waals surface area contributed by atoms with Crippen molar-refractivity contribution >= 4 is 5.97 Å². The number of nitrogens with one attached hydrogen (secondary N) is 1. The molecule has 0 saturated carbocycles. The molecule has 1 fully saturated rings. The Bertz CT molecular complexity index is 1520. The molecule has 4 aromatic rings. The van der Waals surface area contributed by atoms with Gasteiger partial charge < -0.3 is 33.7 Å². The second-order valence-electron chi connectivity index (χ2n) is 12.6. The third-order valence-corrected chi connectivity index (χ3v) is 8.81. The minimum absolute atomic E-state index is 0.278. The van der Waals surface area contributed by atoms with E-state index in [4.69, 9.17) is 28.4 Å². The number of benzene rings is 4. The van der Waals surface area contributed by atoms with E-state index in [-0.39, 0.29) is 12.6 Å². The highest BCUT2D eigenvalue weighted by molar-refractivity contribution is 5.77. The molecule has 0 amide bonds. The Hall–Kier alpha value is -4.05. The van der Waals surface area contributed by atoms with Crippen molar-refractivity contribution in [2.75, 3.05) is 20.8 Å². The van der Waals surface area contributed by atoms with Crippen molar-refractivity contribution in [3.8, 4) is 5.75 Å². The molecule has 1 aliphatic rings. The van der Waals surface area contributed by atoms with Crippen LogP contribution in [-0.4, -0.2) is 57.3 Å². The number of hydrogen-bond donors (Lipinski definition) is 1.